The Morgan fingerprint density at radius 3 is 2.34 bits per heavy atom. The Labute approximate surface area is 237 Å². The molecule has 0 spiro atoms. The lowest BCUT2D eigenvalue weighted by Gasteiger charge is -2.16. The molecule has 0 aliphatic rings. The second-order valence-corrected chi connectivity index (χ2v) is 9.30. The Morgan fingerprint density at radius 2 is 1.66 bits per heavy atom. The van der Waals surface area contributed by atoms with Gasteiger partial charge in [-0.1, -0.05) is 30.3 Å². The zero-order valence-electron chi connectivity index (χ0n) is 23.2. The molecular weight excluding hydrogens is 525 g/mol. The summed E-state index contributed by atoms with van der Waals surface area (Å²) in [4.78, 5) is 32.6. The molecule has 0 aliphatic carbocycles. The van der Waals surface area contributed by atoms with Crippen molar-refractivity contribution in [2.45, 2.75) is 27.1 Å². The Hall–Kier alpha value is -4.73. The number of ether oxygens (including phenoxy) is 2. The highest BCUT2D eigenvalue weighted by atomic mass is 19.1. The highest BCUT2D eigenvalue weighted by Gasteiger charge is 2.16. The number of hydrogen-bond acceptors (Lipinski definition) is 7. The van der Waals surface area contributed by atoms with Gasteiger partial charge in [-0.25, -0.2) is 4.39 Å². The summed E-state index contributed by atoms with van der Waals surface area (Å²) in [5, 5.41) is 12.3. The van der Waals surface area contributed by atoms with Gasteiger partial charge in [0.05, 0.1) is 20.3 Å². The number of methoxy groups -OCH3 is 2. The number of aliphatic hydroxyl groups excluding tert-OH is 1. The number of rotatable bonds is 10. The van der Waals surface area contributed by atoms with Crippen molar-refractivity contribution in [3.05, 3.63) is 106 Å². The van der Waals surface area contributed by atoms with Crippen molar-refractivity contribution in [2.75, 3.05) is 19.5 Å². The lowest BCUT2D eigenvalue weighted by molar-refractivity contribution is 0.102. The van der Waals surface area contributed by atoms with Gasteiger partial charge in [0.2, 0.25) is 0 Å². The van der Waals surface area contributed by atoms with Gasteiger partial charge in [-0.05, 0) is 65.4 Å². The molecular formula is C32H30FN3O5. The fraction of sp³-hybridized carbons (Fsp3) is 0.188. The quantitative estimate of drug-likeness (QED) is 0.233. The molecule has 0 fully saturated rings. The maximum atomic E-state index is 15.3. The number of hydrogen-bond donors (Lipinski definition) is 2. The number of nitrogens with one attached hydrogen (secondary N) is 1. The van der Waals surface area contributed by atoms with E-state index in [0.717, 1.165) is 22.3 Å². The second-order valence-electron chi connectivity index (χ2n) is 9.30. The maximum absolute atomic E-state index is 15.3. The van der Waals surface area contributed by atoms with Crippen molar-refractivity contribution in [3.8, 4) is 16.9 Å². The molecule has 8 nitrogen and oxygen atoms in total. The van der Waals surface area contributed by atoms with Crippen molar-refractivity contribution >= 4 is 29.8 Å². The van der Waals surface area contributed by atoms with E-state index < -0.39 is 11.7 Å². The van der Waals surface area contributed by atoms with E-state index in [0.29, 0.717) is 40.0 Å². The van der Waals surface area contributed by atoms with Crippen LogP contribution >= 0.6 is 0 Å². The van der Waals surface area contributed by atoms with Gasteiger partial charge in [0.1, 0.15) is 23.0 Å². The Kier molecular flexibility index (Phi) is 9.34. The third-order valence-corrected chi connectivity index (χ3v) is 6.79. The summed E-state index contributed by atoms with van der Waals surface area (Å²) in [6.07, 6.45) is 4.83. The SMILES string of the molecule is COCc1cc(C(=O)Nc2cccc(-c3cccc(/C=C(\F)c4cc(OC)c(CO)cn4)c3C)c2C)ncc1C=O. The molecule has 4 rings (SSSR count). The van der Waals surface area contributed by atoms with Crippen LogP contribution in [0, 0.1) is 13.8 Å². The zero-order chi connectivity index (χ0) is 29.5. The predicted molar refractivity (Wildman–Crippen MR) is 155 cm³/mol. The molecule has 0 bridgehead atoms. The Bertz CT molecular complexity index is 1630. The number of aromatic nitrogens is 2. The van der Waals surface area contributed by atoms with Crippen molar-refractivity contribution in [3.63, 3.8) is 0 Å². The third-order valence-electron chi connectivity index (χ3n) is 6.79. The second kappa shape index (κ2) is 13.1. The first kappa shape index (κ1) is 29.3. The number of carbonyl (C=O) groups is 2. The molecule has 0 unspecified atom stereocenters. The summed E-state index contributed by atoms with van der Waals surface area (Å²) in [7, 11) is 2.96. The molecule has 0 saturated carbocycles. The molecule has 2 aromatic heterocycles. The average Bonchev–Trinajstić information content (AvgIpc) is 2.99. The number of carbonyl (C=O) groups excluding carboxylic acids is 2. The van der Waals surface area contributed by atoms with E-state index in [4.69, 9.17) is 9.47 Å². The molecule has 41 heavy (non-hydrogen) atoms. The maximum Gasteiger partial charge on any atom is 0.274 e. The lowest BCUT2D eigenvalue weighted by Crippen LogP contribution is -2.15. The summed E-state index contributed by atoms with van der Waals surface area (Å²) < 4.78 is 25.6. The number of amides is 1. The Balaban J connectivity index is 1.65. The minimum atomic E-state index is -0.549. The van der Waals surface area contributed by atoms with Gasteiger partial charge >= 0.3 is 0 Å². The molecule has 210 valence electrons. The first-order valence-corrected chi connectivity index (χ1v) is 12.8. The summed E-state index contributed by atoms with van der Waals surface area (Å²) >= 11 is 0. The molecule has 0 saturated heterocycles. The summed E-state index contributed by atoms with van der Waals surface area (Å²) in [6.45, 7) is 3.71. The van der Waals surface area contributed by atoms with Crippen molar-refractivity contribution in [1.82, 2.24) is 9.97 Å². The van der Waals surface area contributed by atoms with Crippen LogP contribution in [-0.4, -0.2) is 41.5 Å². The highest BCUT2D eigenvalue weighted by Crippen LogP contribution is 2.34. The van der Waals surface area contributed by atoms with Gasteiger partial charge < -0.3 is 19.9 Å². The van der Waals surface area contributed by atoms with E-state index in [-0.39, 0.29) is 24.6 Å². The van der Waals surface area contributed by atoms with Crippen molar-refractivity contribution in [1.29, 1.82) is 0 Å². The molecule has 2 heterocycles. The van der Waals surface area contributed by atoms with E-state index in [1.807, 2.05) is 44.2 Å². The number of aldehydes is 1. The van der Waals surface area contributed by atoms with E-state index >= 15 is 4.39 Å². The molecule has 4 aromatic rings. The van der Waals surface area contributed by atoms with Crippen molar-refractivity contribution in [2.24, 2.45) is 0 Å². The molecule has 0 atom stereocenters. The molecule has 1 amide bonds. The summed E-state index contributed by atoms with van der Waals surface area (Å²) in [5.41, 5.74) is 6.29. The molecule has 0 aliphatic heterocycles. The van der Waals surface area contributed by atoms with Gasteiger partial charge in [0, 0.05) is 42.4 Å². The van der Waals surface area contributed by atoms with Gasteiger partial charge in [-0.3, -0.25) is 19.6 Å². The number of halogens is 1. The van der Waals surface area contributed by atoms with Gasteiger partial charge in [-0.15, -0.1) is 0 Å². The lowest BCUT2D eigenvalue weighted by atomic mass is 9.92. The van der Waals surface area contributed by atoms with Crippen LogP contribution in [0.15, 0.2) is 60.9 Å². The van der Waals surface area contributed by atoms with Crippen LogP contribution in [0.5, 0.6) is 5.75 Å². The van der Waals surface area contributed by atoms with Crippen LogP contribution in [0.4, 0.5) is 10.1 Å². The van der Waals surface area contributed by atoms with Crippen LogP contribution in [0.25, 0.3) is 23.0 Å². The minimum Gasteiger partial charge on any atom is -0.496 e. The Morgan fingerprint density at radius 1 is 0.951 bits per heavy atom. The van der Waals surface area contributed by atoms with Gasteiger partial charge in [0.25, 0.3) is 5.91 Å². The van der Waals surface area contributed by atoms with Gasteiger partial charge in [-0.2, -0.15) is 0 Å². The summed E-state index contributed by atoms with van der Waals surface area (Å²) in [6, 6.07) is 14.1. The van der Waals surface area contributed by atoms with E-state index in [9.17, 15) is 14.7 Å². The largest absolute Gasteiger partial charge is 0.496 e. The number of nitrogens with zero attached hydrogens (tertiary/aromatic N) is 2. The fourth-order valence-electron chi connectivity index (χ4n) is 4.48. The monoisotopic (exact) mass is 555 g/mol. The average molecular weight is 556 g/mol. The standard InChI is InChI=1S/C32H30FN3O5/c1-19-21(11-27(33)29-13-31(41-4)24(17-38)15-34-29)7-5-8-25(19)26-9-6-10-28(20(26)2)36-32(39)30-12-22(18-40-3)23(16-37)14-35-30/h5-16,38H,17-18H2,1-4H3,(H,36,39)/b27-11-. The van der Waals surface area contributed by atoms with Crippen LogP contribution in [0.2, 0.25) is 0 Å². The molecule has 9 heteroatoms. The number of anilines is 1. The highest BCUT2D eigenvalue weighted by molar-refractivity contribution is 6.04. The zero-order valence-corrected chi connectivity index (χ0v) is 23.2. The summed E-state index contributed by atoms with van der Waals surface area (Å²) in [5.74, 6) is -0.622. The smallest absolute Gasteiger partial charge is 0.274 e. The van der Waals surface area contributed by atoms with Crippen LogP contribution in [0.3, 0.4) is 0 Å². The topological polar surface area (TPSA) is 111 Å². The van der Waals surface area contributed by atoms with Crippen LogP contribution in [0.1, 0.15) is 54.4 Å². The van der Waals surface area contributed by atoms with E-state index in [1.54, 1.807) is 6.07 Å². The number of benzene rings is 2. The third kappa shape index (κ3) is 6.37. The number of pyridine rings is 2. The number of aliphatic hydroxyl groups is 1. The minimum absolute atomic E-state index is 0.0909. The van der Waals surface area contributed by atoms with E-state index in [2.05, 4.69) is 15.3 Å². The normalized spacial score (nSPS) is 11.3. The van der Waals surface area contributed by atoms with E-state index in [1.165, 1.54) is 44.8 Å². The predicted octanol–water partition coefficient (Wildman–Crippen LogP) is 5.94. The molecule has 0 radical (unpaired) electrons. The van der Waals surface area contributed by atoms with Crippen LogP contribution < -0.4 is 10.1 Å². The van der Waals surface area contributed by atoms with Crippen molar-refractivity contribution < 1.29 is 28.6 Å². The fourth-order valence-corrected chi connectivity index (χ4v) is 4.48. The van der Waals surface area contributed by atoms with Gasteiger partial charge in [0.15, 0.2) is 6.29 Å². The first-order chi connectivity index (χ1) is 19.8. The first-order valence-electron chi connectivity index (χ1n) is 12.8. The molecule has 2 N–H and O–H groups in total. The molecule has 2 aromatic carbocycles. The van der Waals surface area contributed by atoms with Crippen LogP contribution in [-0.2, 0) is 18.0 Å².